The average Bonchev–Trinajstić information content (AvgIpc) is 2.27. The number of rotatable bonds is 4. The van der Waals surface area contributed by atoms with Gasteiger partial charge in [0.15, 0.2) is 0 Å². The summed E-state index contributed by atoms with van der Waals surface area (Å²) < 4.78 is 10.9. The van der Waals surface area contributed by atoms with Crippen molar-refractivity contribution in [1.82, 2.24) is 0 Å². The molecule has 0 fully saturated rings. The molecule has 1 unspecified atom stereocenters. The minimum atomic E-state index is -0.423. The summed E-state index contributed by atoms with van der Waals surface area (Å²) in [5.41, 5.74) is 9.21. The van der Waals surface area contributed by atoms with Gasteiger partial charge in [0, 0.05) is 12.7 Å². The van der Waals surface area contributed by atoms with Crippen LogP contribution in [0.15, 0.2) is 12.1 Å². The summed E-state index contributed by atoms with van der Waals surface area (Å²) in [5, 5.41) is 0. The zero-order valence-electron chi connectivity index (χ0n) is 11.6. The van der Waals surface area contributed by atoms with Gasteiger partial charge in [-0.2, -0.15) is 0 Å². The average molecular weight is 237 g/mol. The Balaban J connectivity index is 3.30. The highest BCUT2D eigenvalue weighted by Crippen LogP contribution is 2.35. The van der Waals surface area contributed by atoms with Crippen molar-refractivity contribution in [1.29, 1.82) is 0 Å². The number of benzene rings is 1. The number of nitrogens with two attached hydrogens (primary N) is 1. The zero-order valence-corrected chi connectivity index (χ0v) is 11.6. The van der Waals surface area contributed by atoms with Crippen molar-refractivity contribution in [3.05, 3.63) is 28.8 Å². The van der Waals surface area contributed by atoms with E-state index in [2.05, 4.69) is 13.0 Å². The third kappa shape index (κ3) is 2.79. The van der Waals surface area contributed by atoms with Gasteiger partial charge in [-0.3, -0.25) is 0 Å². The Morgan fingerprint density at radius 1 is 1.18 bits per heavy atom. The summed E-state index contributed by atoms with van der Waals surface area (Å²) >= 11 is 0. The molecule has 0 saturated carbocycles. The molecule has 1 rings (SSSR count). The fraction of sp³-hybridized carbons (Fsp3) is 0.571. The van der Waals surface area contributed by atoms with E-state index in [-0.39, 0.29) is 6.04 Å². The first kappa shape index (κ1) is 14.0. The van der Waals surface area contributed by atoms with Gasteiger partial charge in [-0.1, -0.05) is 6.07 Å². The molecule has 0 saturated heterocycles. The summed E-state index contributed by atoms with van der Waals surface area (Å²) in [6.45, 7) is 8.07. The van der Waals surface area contributed by atoms with Crippen molar-refractivity contribution in [3.8, 4) is 5.75 Å². The molecule has 1 atom stereocenters. The Kier molecular flexibility index (Phi) is 4.17. The molecule has 0 spiro atoms. The summed E-state index contributed by atoms with van der Waals surface area (Å²) in [4.78, 5) is 0. The number of hydrogen-bond acceptors (Lipinski definition) is 3. The number of ether oxygens (including phenoxy) is 2. The van der Waals surface area contributed by atoms with Gasteiger partial charge in [-0.15, -0.1) is 0 Å². The number of aryl methyl sites for hydroxylation is 2. The first-order chi connectivity index (χ1) is 7.83. The van der Waals surface area contributed by atoms with Gasteiger partial charge < -0.3 is 15.2 Å². The summed E-state index contributed by atoms with van der Waals surface area (Å²) in [6.07, 6.45) is 0. The van der Waals surface area contributed by atoms with E-state index in [1.807, 2.05) is 26.8 Å². The molecule has 3 nitrogen and oxygen atoms in total. The van der Waals surface area contributed by atoms with Gasteiger partial charge in [0.25, 0.3) is 0 Å². The van der Waals surface area contributed by atoms with E-state index in [1.54, 1.807) is 14.2 Å². The molecule has 0 amide bonds. The molecule has 0 aromatic heterocycles. The van der Waals surface area contributed by atoms with Crippen molar-refractivity contribution >= 4 is 0 Å². The maximum absolute atomic E-state index is 6.31. The second-order valence-electron chi connectivity index (χ2n) is 4.98. The van der Waals surface area contributed by atoms with E-state index in [1.165, 1.54) is 5.56 Å². The van der Waals surface area contributed by atoms with Crippen molar-refractivity contribution < 1.29 is 9.47 Å². The molecule has 1 aromatic carbocycles. The van der Waals surface area contributed by atoms with Crippen LogP contribution in [0.25, 0.3) is 0 Å². The predicted octanol–water partition coefficient (Wildman–Crippen LogP) is 2.74. The van der Waals surface area contributed by atoms with Crippen LogP contribution in [-0.4, -0.2) is 19.8 Å². The Labute approximate surface area is 104 Å². The quantitative estimate of drug-likeness (QED) is 0.875. The fourth-order valence-corrected chi connectivity index (χ4v) is 1.98. The van der Waals surface area contributed by atoms with Gasteiger partial charge in [0.2, 0.25) is 0 Å². The summed E-state index contributed by atoms with van der Waals surface area (Å²) in [7, 11) is 3.35. The first-order valence-corrected chi connectivity index (χ1v) is 5.79. The fourth-order valence-electron chi connectivity index (χ4n) is 1.98. The van der Waals surface area contributed by atoms with Crippen LogP contribution in [0.1, 0.15) is 36.6 Å². The van der Waals surface area contributed by atoms with E-state index in [9.17, 15) is 0 Å². The summed E-state index contributed by atoms with van der Waals surface area (Å²) in [5.74, 6) is 0.833. The third-order valence-electron chi connectivity index (χ3n) is 3.30. The Morgan fingerprint density at radius 3 is 2.24 bits per heavy atom. The standard InChI is InChI=1S/C14H23NO2/c1-9-7-10(2)12(11(8-9)16-5)13(15)14(3,4)17-6/h7-8,13H,15H2,1-6H3. The topological polar surface area (TPSA) is 44.5 Å². The van der Waals surface area contributed by atoms with E-state index in [4.69, 9.17) is 15.2 Å². The van der Waals surface area contributed by atoms with Crippen LogP contribution < -0.4 is 10.5 Å². The Bertz CT molecular complexity index is 399. The van der Waals surface area contributed by atoms with Gasteiger partial charge in [0.1, 0.15) is 5.75 Å². The molecule has 0 radical (unpaired) electrons. The minimum absolute atomic E-state index is 0.219. The molecule has 96 valence electrons. The van der Waals surface area contributed by atoms with Gasteiger partial charge in [-0.25, -0.2) is 0 Å². The lowest BCUT2D eigenvalue weighted by atomic mass is 9.88. The molecule has 0 heterocycles. The first-order valence-electron chi connectivity index (χ1n) is 5.79. The highest BCUT2D eigenvalue weighted by Gasteiger charge is 2.30. The highest BCUT2D eigenvalue weighted by molar-refractivity contribution is 5.45. The van der Waals surface area contributed by atoms with E-state index in [0.717, 1.165) is 16.9 Å². The maximum atomic E-state index is 6.31. The SMILES string of the molecule is COc1cc(C)cc(C)c1C(N)C(C)(C)OC. The maximum Gasteiger partial charge on any atom is 0.124 e. The Morgan fingerprint density at radius 2 is 1.76 bits per heavy atom. The summed E-state index contributed by atoms with van der Waals surface area (Å²) in [6, 6.07) is 3.90. The second-order valence-corrected chi connectivity index (χ2v) is 4.98. The smallest absolute Gasteiger partial charge is 0.124 e. The van der Waals surface area contributed by atoms with Crippen LogP contribution in [-0.2, 0) is 4.74 Å². The van der Waals surface area contributed by atoms with Crippen LogP contribution in [0.2, 0.25) is 0 Å². The van der Waals surface area contributed by atoms with Gasteiger partial charge in [-0.05, 0) is 44.9 Å². The van der Waals surface area contributed by atoms with Crippen molar-refractivity contribution in [2.75, 3.05) is 14.2 Å². The van der Waals surface area contributed by atoms with Gasteiger partial charge in [0.05, 0.1) is 18.8 Å². The normalized spacial score (nSPS) is 13.6. The van der Waals surface area contributed by atoms with E-state index < -0.39 is 5.60 Å². The lowest BCUT2D eigenvalue weighted by Crippen LogP contribution is -2.37. The molecule has 0 bridgehead atoms. The third-order valence-corrected chi connectivity index (χ3v) is 3.30. The van der Waals surface area contributed by atoms with E-state index >= 15 is 0 Å². The molecule has 2 N–H and O–H groups in total. The molecule has 0 aliphatic carbocycles. The molecular formula is C14H23NO2. The molecule has 0 aliphatic heterocycles. The second kappa shape index (κ2) is 5.07. The molecule has 3 heteroatoms. The Hall–Kier alpha value is -1.06. The van der Waals surface area contributed by atoms with Crippen LogP contribution in [0.3, 0.4) is 0 Å². The van der Waals surface area contributed by atoms with E-state index in [0.29, 0.717) is 0 Å². The van der Waals surface area contributed by atoms with Crippen LogP contribution in [0.5, 0.6) is 5.75 Å². The number of hydrogen-bond donors (Lipinski definition) is 1. The molecule has 1 aromatic rings. The van der Waals surface area contributed by atoms with Crippen LogP contribution in [0, 0.1) is 13.8 Å². The van der Waals surface area contributed by atoms with Crippen molar-refractivity contribution in [2.24, 2.45) is 5.73 Å². The van der Waals surface area contributed by atoms with Gasteiger partial charge >= 0.3 is 0 Å². The molecule has 17 heavy (non-hydrogen) atoms. The van der Waals surface area contributed by atoms with Crippen molar-refractivity contribution in [2.45, 2.75) is 39.3 Å². The zero-order chi connectivity index (χ0) is 13.2. The van der Waals surface area contributed by atoms with Crippen LogP contribution in [0.4, 0.5) is 0 Å². The monoisotopic (exact) mass is 237 g/mol. The molecule has 0 aliphatic rings. The predicted molar refractivity (Wildman–Crippen MR) is 70.5 cm³/mol. The van der Waals surface area contributed by atoms with Crippen LogP contribution >= 0.6 is 0 Å². The largest absolute Gasteiger partial charge is 0.496 e. The lowest BCUT2D eigenvalue weighted by Gasteiger charge is -2.32. The highest BCUT2D eigenvalue weighted by atomic mass is 16.5. The lowest BCUT2D eigenvalue weighted by molar-refractivity contribution is -0.000746. The minimum Gasteiger partial charge on any atom is -0.496 e. The molecular weight excluding hydrogens is 214 g/mol. The van der Waals surface area contributed by atoms with Crippen molar-refractivity contribution in [3.63, 3.8) is 0 Å². The number of methoxy groups -OCH3 is 2.